The van der Waals surface area contributed by atoms with Gasteiger partial charge in [-0.3, -0.25) is 9.59 Å². The molecule has 0 aromatic heterocycles. The molecule has 5 nitrogen and oxygen atoms in total. The van der Waals surface area contributed by atoms with E-state index in [-0.39, 0.29) is 24.5 Å². The summed E-state index contributed by atoms with van der Waals surface area (Å²) in [6.45, 7) is 2.77. The number of benzene rings is 1. The molecule has 6 heteroatoms. The second kappa shape index (κ2) is 7.11. The van der Waals surface area contributed by atoms with Crippen LogP contribution in [0, 0.1) is 0 Å². The Labute approximate surface area is 147 Å². The van der Waals surface area contributed by atoms with Gasteiger partial charge in [0.05, 0.1) is 6.04 Å². The van der Waals surface area contributed by atoms with Crippen LogP contribution in [0.4, 0.5) is 0 Å². The standard InChI is InChI=1S/C18H23ClN2O3/c1-12-5-3-4-10-21(12)18(23)17-16(20(2)15(22)11-24-17)13-6-8-14(19)9-7-13/h6-9,12,16-17H,3-5,10-11H2,1-2H3. The minimum Gasteiger partial charge on any atom is -0.356 e. The molecule has 1 aromatic rings. The molecule has 3 atom stereocenters. The fourth-order valence-electron chi connectivity index (χ4n) is 3.57. The molecule has 0 aliphatic carbocycles. The first-order valence-corrected chi connectivity index (χ1v) is 8.80. The number of ether oxygens (including phenoxy) is 1. The number of hydrogen-bond donors (Lipinski definition) is 0. The molecule has 2 amide bonds. The van der Waals surface area contributed by atoms with Gasteiger partial charge < -0.3 is 14.5 Å². The maximum atomic E-state index is 13.1. The van der Waals surface area contributed by atoms with E-state index < -0.39 is 12.1 Å². The van der Waals surface area contributed by atoms with Gasteiger partial charge >= 0.3 is 0 Å². The van der Waals surface area contributed by atoms with Gasteiger partial charge in [-0.25, -0.2) is 0 Å². The lowest BCUT2D eigenvalue weighted by Gasteiger charge is -2.42. The number of nitrogens with zero attached hydrogens (tertiary/aromatic N) is 2. The maximum Gasteiger partial charge on any atom is 0.254 e. The van der Waals surface area contributed by atoms with E-state index in [1.165, 1.54) is 0 Å². The summed E-state index contributed by atoms with van der Waals surface area (Å²) < 4.78 is 5.71. The third kappa shape index (κ3) is 3.28. The van der Waals surface area contributed by atoms with Gasteiger partial charge in [-0.2, -0.15) is 0 Å². The number of halogens is 1. The molecule has 3 unspecified atom stereocenters. The molecule has 2 aliphatic rings. The van der Waals surface area contributed by atoms with Gasteiger partial charge in [0.2, 0.25) is 5.91 Å². The number of likely N-dealkylation sites (tertiary alicyclic amines) is 1. The highest BCUT2D eigenvalue weighted by Gasteiger charge is 2.42. The molecule has 2 saturated heterocycles. The zero-order chi connectivity index (χ0) is 17.3. The van der Waals surface area contributed by atoms with Crippen molar-refractivity contribution in [1.29, 1.82) is 0 Å². The third-order valence-electron chi connectivity index (χ3n) is 5.02. The maximum absolute atomic E-state index is 13.1. The Morgan fingerprint density at radius 2 is 1.96 bits per heavy atom. The van der Waals surface area contributed by atoms with E-state index in [1.807, 2.05) is 17.0 Å². The molecule has 1 aromatic carbocycles. The number of carbonyl (C=O) groups excluding carboxylic acids is 2. The number of hydrogen-bond acceptors (Lipinski definition) is 3. The van der Waals surface area contributed by atoms with Crippen LogP contribution in [0.25, 0.3) is 0 Å². The summed E-state index contributed by atoms with van der Waals surface area (Å²) in [7, 11) is 1.73. The average Bonchev–Trinajstić information content (AvgIpc) is 2.58. The SMILES string of the molecule is CC1CCCCN1C(=O)C1OCC(=O)N(C)C1c1ccc(Cl)cc1. The van der Waals surface area contributed by atoms with Crippen molar-refractivity contribution in [2.75, 3.05) is 20.2 Å². The van der Waals surface area contributed by atoms with Crippen LogP contribution in [-0.4, -0.2) is 54.0 Å². The minimum atomic E-state index is -0.672. The van der Waals surface area contributed by atoms with Crippen molar-refractivity contribution >= 4 is 23.4 Å². The summed E-state index contributed by atoms with van der Waals surface area (Å²) >= 11 is 5.97. The molecule has 0 spiro atoms. The number of morpholine rings is 1. The zero-order valence-electron chi connectivity index (χ0n) is 14.1. The Morgan fingerprint density at radius 3 is 2.62 bits per heavy atom. The van der Waals surface area contributed by atoms with E-state index in [0.717, 1.165) is 31.4 Å². The van der Waals surface area contributed by atoms with Crippen molar-refractivity contribution in [1.82, 2.24) is 9.80 Å². The van der Waals surface area contributed by atoms with Crippen LogP contribution in [0.1, 0.15) is 37.8 Å². The fourth-order valence-corrected chi connectivity index (χ4v) is 3.69. The second-order valence-electron chi connectivity index (χ2n) is 6.61. The molecule has 2 fully saturated rings. The Hall–Kier alpha value is -1.59. The van der Waals surface area contributed by atoms with Gasteiger partial charge in [0.1, 0.15) is 6.61 Å². The molecular formula is C18H23ClN2O3. The molecule has 0 bridgehead atoms. The van der Waals surface area contributed by atoms with E-state index in [4.69, 9.17) is 16.3 Å². The lowest BCUT2D eigenvalue weighted by atomic mass is 9.95. The zero-order valence-corrected chi connectivity index (χ0v) is 14.8. The largest absolute Gasteiger partial charge is 0.356 e. The normalized spacial score (nSPS) is 28.1. The van der Waals surface area contributed by atoms with Crippen molar-refractivity contribution in [2.24, 2.45) is 0 Å². The molecular weight excluding hydrogens is 328 g/mol. The van der Waals surface area contributed by atoms with Crippen LogP contribution >= 0.6 is 11.6 Å². The number of likely N-dealkylation sites (N-methyl/N-ethyl adjacent to an activating group) is 1. The van der Waals surface area contributed by atoms with Gasteiger partial charge in [0, 0.05) is 24.7 Å². The van der Waals surface area contributed by atoms with Gasteiger partial charge in [-0.05, 0) is 43.9 Å². The summed E-state index contributed by atoms with van der Waals surface area (Å²) in [5.41, 5.74) is 0.859. The molecule has 24 heavy (non-hydrogen) atoms. The summed E-state index contributed by atoms with van der Waals surface area (Å²) in [6.07, 6.45) is 2.51. The topological polar surface area (TPSA) is 49.9 Å². The van der Waals surface area contributed by atoms with E-state index in [1.54, 1.807) is 24.1 Å². The molecule has 0 radical (unpaired) electrons. The second-order valence-corrected chi connectivity index (χ2v) is 7.05. The van der Waals surface area contributed by atoms with Crippen molar-refractivity contribution in [3.05, 3.63) is 34.9 Å². The first-order valence-electron chi connectivity index (χ1n) is 8.42. The first-order chi connectivity index (χ1) is 11.5. The van der Waals surface area contributed by atoms with Crippen molar-refractivity contribution < 1.29 is 14.3 Å². The van der Waals surface area contributed by atoms with Crippen LogP contribution < -0.4 is 0 Å². The highest BCUT2D eigenvalue weighted by atomic mass is 35.5. The van der Waals surface area contributed by atoms with Crippen molar-refractivity contribution in [3.8, 4) is 0 Å². The predicted molar refractivity (Wildman–Crippen MR) is 91.7 cm³/mol. The van der Waals surface area contributed by atoms with Crippen LogP contribution in [-0.2, 0) is 14.3 Å². The molecule has 2 heterocycles. The average molecular weight is 351 g/mol. The predicted octanol–water partition coefficient (Wildman–Crippen LogP) is 2.64. The molecule has 2 aliphatic heterocycles. The Kier molecular flexibility index (Phi) is 5.11. The lowest BCUT2D eigenvalue weighted by Crippen LogP contribution is -2.56. The summed E-state index contributed by atoms with van der Waals surface area (Å²) in [4.78, 5) is 28.7. The van der Waals surface area contributed by atoms with E-state index >= 15 is 0 Å². The van der Waals surface area contributed by atoms with E-state index in [0.29, 0.717) is 5.02 Å². The molecule has 0 N–H and O–H groups in total. The van der Waals surface area contributed by atoms with Crippen LogP contribution in [0.15, 0.2) is 24.3 Å². The summed E-state index contributed by atoms with van der Waals surface area (Å²) in [5, 5.41) is 0.622. The van der Waals surface area contributed by atoms with Crippen LogP contribution in [0.5, 0.6) is 0 Å². The Bertz CT molecular complexity index is 619. The third-order valence-corrected chi connectivity index (χ3v) is 5.28. The van der Waals surface area contributed by atoms with Crippen molar-refractivity contribution in [3.63, 3.8) is 0 Å². The van der Waals surface area contributed by atoms with E-state index in [9.17, 15) is 9.59 Å². The monoisotopic (exact) mass is 350 g/mol. The number of amides is 2. The highest BCUT2D eigenvalue weighted by Crippen LogP contribution is 2.32. The highest BCUT2D eigenvalue weighted by molar-refractivity contribution is 6.30. The van der Waals surface area contributed by atoms with Gasteiger partial charge in [0.15, 0.2) is 6.10 Å². The summed E-state index contributed by atoms with van der Waals surface area (Å²) in [6, 6.07) is 7.04. The number of carbonyl (C=O) groups is 2. The van der Waals surface area contributed by atoms with Gasteiger partial charge in [-0.1, -0.05) is 23.7 Å². The molecule has 0 saturated carbocycles. The Morgan fingerprint density at radius 1 is 1.25 bits per heavy atom. The molecule has 3 rings (SSSR count). The van der Waals surface area contributed by atoms with Crippen LogP contribution in [0.3, 0.4) is 0 Å². The number of piperidine rings is 1. The van der Waals surface area contributed by atoms with Gasteiger partial charge in [0.25, 0.3) is 5.91 Å². The summed E-state index contributed by atoms with van der Waals surface area (Å²) in [5.74, 6) is -0.146. The van der Waals surface area contributed by atoms with Crippen molar-refractivity contribution in [2.45, 2.75) is 44.4 Å². The Balaban J connectivity index is 1.89. The molecule has 130 valence electrons. The number of rotatable bonds is 2. The van der Waals surface area contributed by atoms with Crippen LogP contribution in [0.2, 0.25) is 5.02 Å². The van der Waals surface area contributed by atoms with Gasteiger partial charge in [-0.15, -0.1) is 0 Å². The smallest absolute Gasteiger partial charge is 0.254 e. The fraction of sp³-hybridized carbons (Fsp3) is 0.556. The first kappa shape index (κ1) is 17.2. The van der Waals surface area contributed by atoms with E-state index in [2.05, 4.69) is 6.92 Å². The lowest BCUT2D eigenvalue weighted by molar-refractivity contribution is -0.169. The quantitative estimate of drug-likeness (QED) is 0.824. The minimum absolute atomic E-state index is 0.0264.